The number of nitrogens with zero attached hydrogens (tertiary/aromatic N) is 4. The van der Waals surface area contributed by atoms with Crippen LogP contribution in [0.4, 0.5) is 5.13 Å². The van der Waals surface area contributed by atoms with Gasteiger partial charge in [-0.2, -0.15) is 5.21 Å². The molecule has 2 aromatic heterocycles. The highest BCUT2D eigenvalue weighted by Gasteiger charge is 2.28. The minimum absolute atomic E-state index is 0.0258. The Labute approximate surface area is 188 Å². The molecule has 2 heterocycles. The van der Waals surface area contributed by atoms with E-state index in [0.717, 1.165) is 4.70 Å². The number of tetrazole rings is 1. The van der Waals surface area contributed by atoms with Crippen molar-refractivity contribution in [3.63, 3.8) is 0 Å². The predicted molar refractivity (Wildman–Crippen MR) is 119 cm³/mol. The second-order valence-electron chi connectivity index (χ2n) is 6.75. The molecular formula is C17H17N8O4S3-. The molecule has 15 heteroatoms. The van der Waals surface area contributed by atoms with Gasteiger partial charge in [-0.25, -0.2) is 18.1 Å². The summed E-state index contributed by atoms with van der Waals surface area (Å²) in [6, 6.07) is 7.38. The smallest absolute Gasteiger partial charge is 0.242 e. The van der Waals surface area contributed by atoms with Crippen molar-refractivity contribution in [2.45, 2.75) is 22.8 Å². The van der Waals surface area contributed by atoms with E-state index in [1.165, 1.54) is 23.5 Å². The number of aromatic nitrogens is 5. The van der Waals surface area contributed by atoms with E-state index in [0.29, 0.717) is 21.8 Å². The first kappa shape index (κ1) is 22.4. The lowest BCUT2D eigenvalue weighted by Gasteiger charge is -2.20. The first-order valence-corrected chi connectivity index (χ1v) is 12.5. The molecule has 2 aromatic carbocycles. The van der Waals surface area contributed by atoms with E-state index < -0.39 is 36.9 Å². The van der Waals surface area contributed by atoms with E-state index >= 15 is 0 Å². The van der Waals surface area contributed by atoms with Gasteiger partial charge in [-0.05, 0) is 40.9 Å². The molecule has 6 N–H and O–H groups in total. The Morgan fingerprint density at radius 3 is 2.72 bits per heavy atom. The molecule has 4 aromatic rings. The van der Waals surface area contributed by atoms with Crippen LogP contribution in [0.3, 0.4) is 0 Å². The molecule has 0 amide bonds. The van der Waals surface area contributed by atoms with Crippen molar-refractivity contribution in [3.8, 4) is 22.5 Å². The van der Waals surface area contributed by atoms with Crippen molar-refractivity contribution in [2.24, 2.45) is 5.73 Å². The summed E-state index contributed by atoms with van der Waals surface area (Å²) in [5.74, 6) is -0.0941. The molecule has 12 nitrogen and oxygen atoms in total. The van der Waals surface area contributed by atoms with E-state index in [1.807, 2.05) is 6.07 Å². The fraction of sp³-hybridized carbons (Fsp3) is 0.176. The number of anilines is 1. The van der Waals surface area contributed by atoms with E-state index in [2.05, 4.69) is 30.3 Å². The molecule has 4 rings (SSSR count). The number of nitrogens with two attached hydrogens (primary N) is 2. The van der Waals surface area contributed by atoms with Crippen molar-refractivity contribution in [3.05, 3.63) is 30.3 Å². The van der Waals surface area contributed by atoms with Crippen LogP contribution in [0.15, 0.2) is 40.1 Å². The fourth-order valence-corrected chi connectivity index (χ4v) is 6.46. The summed E-state index contributed by atoms with van der Waals surface area (Å²) < 4.78 is 53.8. The van der Waals surface area contributed by atoms with E-state index in [1.54, 1.807) is 19.1 Å². The summed E-state index contributed by atoms with van der Waals surface area (Å²) in [4.78, 5) is 3.38. The quantitative estimate of drug-likeness (QED) is 0.263. The lowest BCUT2D eigenvalue weighted by molar-refractivity contribution is 0.531. The standard InChI is InChI=1S/C17H18N8O4S3/c1-8(7-18)23-32(28,29)12-6-5-9(10-3-2-4-11-14(10)20-17(19)30-11)13(15(12)31(26)27)16-21-24-25-22-16/h2-6,8,23H,7,18H2,1H3,(H2,19,20)(H,26,27)(H,21,22,24,25)/p-1/t8-/m0/s1. The number of sulfonamides is 1. The number of para-hydroxylation sites is 1. The lowest BCUT2D eigenvalue weighted by atomic mass is 9.98. The molecule has 2 atom stereocenters. The van der Waals surface area contributed by atoms with Gasteiger partial charge >= 0.3 is 0 Å². The Morgan fingerprint density at radius 1 is 1.28 bits per heavy atom. The Bertz CT molecular complexity index is 1420. The maximum Gasteiger partial charge on any atom is 0.242 e. The minimum atomic E-state index is -4.24. The molecule has 0 saturated heterocycles. The fourth-order valence-electron chi connectivity index (χ4n) is 3.21. The molecule has 168 valence electrons. The summed E-state index contributed by atoms with van der Waals surface area (Å²) in [6.07, 6.45) is 0. The van der Waals surface area contributed by atoms with Gasteiger partial charge in [-0.3, -0.25) is 4.21 Å². The van der Waals surface area contributed by atoms with Crippen molar-refractivity contribution >= 4 is 47.8 Å². The number of H-pyrrole nitrogens is 1. The van der Waals surface area contributed by atoms with Crippen LogP contribution in [0.5, 0.6) is 0 Å². The molecule has 32 heavy (non-hydrogen) atoms. The number of rotatable bonds is 7. The first-order chi connectivity index (χ1) is 15.2. The van der Waals surface area contributed by atoms with Crippen molar-refractivity contribution in [1.29, 1.82) is 0 Å². The number of hydrogen-bond donors (Lipinski definition) is 4. The molecule has 0 saturated carbocycles. The average Bonchev–Trinajstić information content (AvgIpc) is 3.40. The van der Waals surface area contributed by atoms with Crippen LogP contribution in [0.25, 0.3) is 32.7 Å². The zero-order valence-corrected chi connectivity index (χ0v) is 18.9. The highest BCUT2D eigenvalue weighted by Crippen LogP contribution is 2.41. The SMILES string of the molecule is C[C@@H](CN)NS(=O)(=O)c1ccc(-c2cccc3sc(N)nc23)c(-c2nn[nH]n2)c1S(=O)[O-]. The molecular weight excluding hydrogens is 476 g/mol. The predicted octanol–water partition coefficient (Wildman–Crippen LogP) is 0.589. The molecule has 0 aliphatic heterocycles. The highest BCUT2D eigenvalue weighted by atomic mass is 32.2. The van der Waals surface area contributed by atoms with Gasteiger partial charge < -0.3 is 16.0 Å². The van der Waals surface area contributed by atoms with Crippen LogP contribution in [0.2, 0.25) is 0 Å². The normalized spacial score (nSPS) is 14.0. The maximum absolute atomic E-state index is 13.0. The van der Waals surface area contributed by atoms with Crippen LogP contribution in [-0.4, -0.2) is 55.4 Å². The van der Waals surface area contributed by atoms with E-state index in [9.17, 15) is 17.2 Å². The first-order valence-electron chi connectivity index (χ1n) is 9.10. The van der Waals surface area contributed by atoms with Gasteiger partial charge in [-0.1, -0.05) is 29.5 Å². The third kappa shape index (κ3) is 4.01. The second kappa shape index (κ2) is 8.61. The Morgan fingerprint density at radius 2 is 2.06 bits per heavy atom. The number of nitrogen functional groups attached to an aromatic ring is 1. The van der Waals surface area contributed by atoms with Crippen molar-refractivity contribution in [2.75, 3.05) is 12.3 Å². The number of fused-ring (bicyclic) bond motifs is 1. The molecule has 0 bridgehead atoms. The summed E-state index contributed by atoms with van der Waals surface area (Å²) in [7, 11) is -4.24. The van der Waals surface area contributed by atoms with Gasteiger partial charge in [-0.15, -0.1) is 10.2 Å². The monoisotopic (exact) mass is 493 g/mol. The molecule has 0 aliphatic carbocycles. The van der Waals surface area contributed by atoms with Gasteiger partial charge in [0.15, 0.2) is 5.13 Å². The van der Waals surface area contributed by atoms with Crippen LogP contribution < -0.4 is 16.2 Å². The summed E-state index contributed by atoms with van der Waals surface area (Å²) >= 11 is -1.71. The molecule has 0 radical (unpaired) electrons. The molecule has 0 aliphatic rings. The summed E-state index contributed by atoms with van der Waals surface area (Å²) in [5.41, 5.74) is 12.8. The number of nitrogens with one attached hydrogen (secondary N) is 2. The third-order valence-corrected chi connectivity index (χ3v) is 7.95. The Hall–Kier alpha value is -2.82. The van der Waals surface area contributed by atoms with Gasteiger partial charge in [0.05, 0.1) is 20.0 Å². The Kier molecular flexibility index (Phi) is 6.02. The van der Waals surface area contributed by atoms with Gasteiger partial charge in [0.1, 0.15) is 0 Å². The van der Waals surface area contributed by atoms with Crippen LogP contribution in [0, 0.1) is 0 Å². The average molecular weight is 494 g/mol. The van der Waals surface area contributed by atoms with Gasteiger partial charge in [0, 0.05) is 23.7 Å². The van der Waals surface area contributed by atoms with E-state index in [4.69, 9.17) is 11.5 Å². The second-order valence-corrected chi connectivity index (χ2v) is 10.4. The van der Waals surface area contributed by atoms with Crippen molar-refractivity contribution < 1.29 is 17.2 Å². The van der Waals surface area contributed by atoms with Gasteiger partial charge in [0.2, 0.25) is 15.8 Å². The summed E-state index contributed by atoms with van der Waals surface area (Å²) in [5, 5.41) is 13.9. The van der Waals surface area contributed by atoms with Gasteiger partial charge in [0.25, 0.3) is 0 Å². The van der Waals surface area contributed by atoms with Crippen LogP contribution >= 0.6 is 11.3 Å². The Balaban J connectivity index is 2.07. The maximum atomic E-state index is 13.0. The molecule has 0 fully saturated rings. The molecule has 1 unspecified atom stereocenters. The topological polar surface area (TPSA) is 206 Å². The number of benzene rings is 2. The highest BCUT2D eigenvalue weighted by molar-refractivity contribution is 7.90. The third-order valence-electron chi connectivity index (χ3n) is 4.58. The number of hydrogen-bond acceptors (Lipinski definition) is 11. The molecule has 0 spiro atoms. The van der Waals surface area contributed by atoms with Crippen LogP contribution in [0.1, 0.15) is 6.92 Å². The minimum Gasteiger partial charge on any atom is -0.768 e. The number of thiazole rings is 1. The van der Waals surface area contributed by atoms with Crippen LogP contribution in [-0.2, 0) is 21.1 Å². The number of aromatic amines is 1. The van der Waals surface area contributed by atoms with Crippen molar-refractivity contribution in [1.82, 2.24) is 30.3 Å². The zero-order chi connectivity index (χ0) is 23.0. The summed E-state index contributed by atoms with van der Waals surface area (Å²) in [6.45, 7) is 1.59. The lowest BCUT2D eigenvalue weighted by Crippen LogP contribution is -2.38. The zero-order valence-electron chi connectivity index (χ0n) is 16.5. The largest absolute Gasteiger partial charge is 0.768 e. The van der Waals surface area contributed by atoms with E-state index in [-0.39, 0.29) is 17.9 Å².